The molecule has 5 nitrogen and oxygen atoms in total. The average molecular weight is 528 g/mol. The lowest BCUT2D eigenvalue weighted by molar-refractivity contribution is -0.141. The summed E-state index contributed by atoms with van der Waals surface area (Å²) in [5.74, 6) is -1.54. The molecule has 0 aliphatic carbocycles. The van der Waals surface area contributed by atoms with Gasteiger partial charge in [0.05, 0.1) is 17.0 Å². The predicted octanol–water partition coefficient (Wildman–Crippen LogP) is 6.27. The monoisotopic (exact) mass is 527 g/mol. The molecule has 1 unspecified atom stereocenters. The third-order valence-electron chi connectivity index (χ3n) is 6.79. The van der Waals surface area contributed by atoms with E-state index in [4.69, 9.17) is 9.47 Å². The minimum Gasteiger partial charge on any atom is -0.489 e. The van der Waals surface area contributed by atoms with E-state index >= 15 is 0 Å². The third-order valence-corrected chi connectivity index (χ3v) is 6.79. The van der Waals surface area contributed by atoms with Crippen molar-refractivity contribution in [1.82, 2.24) is 4.90 Å². The van der Waals surface area contributed by atoms with E-state index in [2.05, 4.69) is 0 Å². The first kappa shape index (κ1) is 25.8. The molecule has 5 rings (SSSR count). The maximum atomic E-state index is 14.9. The maximum absolute atomic E-state index is 14.9. The van der Waals surface area contributed by atoms with Gasteiger partial charge in [-0.3, -0.25) is 9.69 Å². The van der Waals surface area contributed by atoms with Crippen LogP contribution < -0.4 is 9.47 Å². The quantitative estimate of drug-likeness (QED) is 0.367. The Balaban J connectivity index is 1.30. The molecule has 1 atom stereocenters. The van der Waals surface area contributed by atoms with Crippen molar-refractivity contribution in [2.75, 3.05) is 26.2 Å². The normalized spacial score (nSPS) is 17.5. The second kappa shape index (κ2) is 10.5. The van der Waals surface area contributed by atoms with E-state index in [0.29, 0.717) is 37.2 Å². The summed E-state index contributed by atoms with van der Waals surface area (Å²) in [7, 11) is 0. The van der Waals surface area contributed by atoms with Crippen molar-refractivity contribution >= 4 is 12.0 Å². The molecule has 0 amide bonds. The fourth-order valence-electron chi connectivity index (χ4n) is 4.82. The number of hydrogen-bond acceptors (Lipinski definition) is 4. The summed E-state index contributed by atoms with van der Waals surface area (Å²) < 4.78 is 67.7. The molecule has 3 aromatic rings. The second-order valence-corrected chi connectivity index (χ2v) is 9.49. The van der Waals surface area contributed by atoms with E-state index in [0.717, 1.165) is 17.7 Å². The van der Waals surface area contributed by atoms with Gasteiger partial charge in [-0.05, 0) is 41.8 Å². The number of halogens is 4. The smallest absolute Gasteiger partial charge is 0.416 e. The Morgan fingerprint density at radius 3 is 2.58 bits per heavy atom. The van der Waals surface area contributed by atoms with E-state index < -0.39 is 36.1 Å². The first-order valence-electron chi connectivity index (χ1n) is 12.2. The zero-order chi connectivity index (χ0) is 26.9. The van der Waals surface area contributed by atoms with Crippen LogP contribution in [0.15, 0.2) is 66.2 Å². The summed E-state index contributed by atoms with van der Waals surface area (Å²) in [5, 5.41) is 9.18. The molecule has 1 fully saturated rings. The van der Waals surface area contributed by atoms with Crippen LogP contribution in [0.4, 0.5) is 17.6 Å². The molecule has 198 valence electrons. The molecule has 2 aliphatic heterocycles. The molecule has 9 heteroatoms. The van der Waals surface area contributed by atoms with Crippen LogP contribution in [0.3, 0.4) is 0 Å². The average Bonchev–Trinajstić information content (AvgIpc) is 3.37. The van der Waals surface area contributed by atoms with Crippen molar-refractivity contribution in [3.63, 3.8) is 0 Å². The Morgan fingerprint density at radius 1 is 1.08 bits per heavy atom. The van der Waals surface area contributed by atoms with E-state index in [-0.39, 0.29) is 29.2 Å². The van der Waals surface area contributed by atoms with E-state index in [1.165, 1.54) is 12.1 Å². The number of carbonyl (C=O) groups is 1. The van der Waals surface area contributed by atoms with Crippen molar-refractivity contribution in [3.05, 3.63) is 88.7 Å². The lowest BCUT2D eigenvalue weighted by Crippen LogP contribution is -2.27. The van der Waals surface area contributed by atoms with Gasteiger partial charge in [-0.2, -0.15) is 13.2 Å². The highest BCUT2D eigenvalue weighted by molar-refractivity contribution is 5.70. The molecule has 0 saturated carbocycles. The number of alkyl halides is 3. The third kappa shape index (κ3) is 5.67. The summed E-state index contributed by atoms with van der Waals surface area (Å²) in [5.41, 5.74) is 1.26. The molecule has 2 heterocycles. The largest absolute Gasteiger partial charge is 0.489 e. The molecule has 2 aliphatic rings. The highest BCUT2D eigenvalue weighted by Crippen LogP contribution is 2.37. The number of aliphatic carboxylic acids is 1. The Bertz CT molecular complexity index is 1370. The van der Waals surface area contributed by atoms with Gasteiger partial charge >= 0.3 is 12.1 Å². The minimum atomic E-state index is -4.59. The number of carboxylic acids is 1. The highest BCUT2D eigenvalue weighted by Gasteiger charge is 2.34. The van der Waals surface area contributed by atoms with Crippen LogP contribution in [-0.2, 0) is 17.6 Å². The fourth-order valence-corrected chi connectivity index (χ4v) is 4.82. The molecule has 1 N–H and O–H groups in total. The molecule has 0 radical (unpaired) electrons. The number of ether oxygens (including phenoxy) is 2. The minimum absolute atomic E-state index is 0.0576. The molecular formula is C29H25F4NO4. The number of carboxylic acid groups (broad SMARTS) is 1. The molecule has 3 aromatic carbocycles. The van der Waals surface area contributed by atoms with Gasteiger partial charge in [0.2, 0.25) is 0 Å². The van der Waals surface area contributed by atoms with Crippen molar-refractivity contribution in [3.8, 4) is 22.6 Å². The number of benzene rings is 3. The maximum Gasteiger partial charge on any atom is 0.416 e. The van der Waals surface area contributed by atoms with Gasteiger partial charge in [-0.25, -0.2) is 4.39 Å². The SMILES string of the molecule is O=C(O)C1CCN(CC2=Cc3c(F)cc(OCc4ccc(-c5ccccc5)cc4C(F)(F)F)cc3OC2)C1. The molecule has 38 heavy (non-hydrogen) atoms. The zero-order valence-electron chi connectivity index (χ0n) is 20.3. The molecule has 0 bridgehead atoms. The van der Waals surface area contributed by atoms with E-state index in [9.17, 15) is 27.5 Å². The summed E-state index contributed by atoms with van der Waals surface area (Å²) in [6, 6.07) is 15.4. The number of fused-ring (bicyclic) bond motifs is 1. The zero-order valence-corrected chi connectivity index (χ0v) is 20.3. The summed E-state index contributed by atoms with van der Waals surface area (Å²) in [6.45, 7) is 1.34. The van der Waals surface area contributed by atoms with Gasteiger partial charge in [-0.1, -0.05) is 42.5 Å². The Morgan fingerprint density at radius 2 is 1.87 bits per heavy atom. The van der Waals surface area contributed by atoms with Gasteiger partial charge in [0, 0.05) is 30.8 Å². The Labute approximate surface area is 216 Å². The Kier molecular flexibility index (Phi) is 7.12. The highest BCUT2D eigenvalue weighted by atomic mass is 19.4. The first-order valence-corrected chi connectivity index (χ1v) is 12.2. The Hall–Kier alpha value is -3.85. The van der Waals surface area contributed by atoms with Gasteiger partial charge < -0.3 is 14.6 Å². The van der Waals surface area contributed by atoms with Crippen LogP contribution in [0.1, 0.15) is 23.1 Å². The number of rotatable bonds is 7. The van der Waals surface area contributed by atoms with Gasteiger partial charge in [-0.15, -0.1) is 0 Å². The number of likely N-dealkylation sites (tertiary alicyclic amines) is 1. The molecule has 0 aromatic heterocycles. The van der Waals surface area contributed by atoms with Crippen LogP contribution in [0.5, 0.6) is 11.5 Å². The van der Waals surface area contributed by atoms with Crippen molar-refractivity contribution in [1.29, 1.82) is 0 Å². The predicted molar refractivity (Wildman–Crippen MR) is 133 cm³/mol. The van der Waals surface area contributed by atoms with Crippen molar-refractivity contribution in [2.45, 2.75) is 19.2 Å². The molecular weight excluding hydrogens is 502 g/mol. The van der Waals surface area contributed by atoms with E-state index in [1.807, 2.05) is 4.90 Å². The standard InChI is InChI=1S/C29H25F4NO4/c30-26-12-23(13-27-24(26)10-18(16-38-27)14-34-9-8-21(15-34)28(35)36)37-17-22-7-6-20(11-25(22)29(31,32)33)19-4-2-1-3-5-19/h1-7,10-13,21H,8-9,14-17H2,(H,35,36). The number of hydrogen-bond donors (Lipinski definition) is 1. The van der Waals surface area contributed by atoms with Crippen LogP contribution in [0.25, 0.3) is 17.2 Å². The van der Waals surface area contributed by atoms with E-state index in [1.54, 1.807) is 42.5 Å². The van der Waals surface area contributed by atoms with Crippen molar-refractivity contribution in [2.24, 2.45) is 5.92 Å². The van der Waals surface area contributed by atoms with Crippen LogP contribution >= 0.6 is 0 Å². The summed E-state index contributed by atoms with van der Waals surface area (Å²) >= 11 is 0. The van der Waals surface area contributed by atoms with Gasteiger partial charge in [0.25, 0.3) is 0 Å². The van der Waals surface area contributed by atoms with Crippen LogP contribution in [0.2, 0.25) is 0 Å². The molecule has 1 saturated heterocycles. The van der Waals surface area contributed by atoms with Crippen LogP contribution in [0, 0.1) is 11.7 Å². The first-order chi connectivity index (χ1) is 18.2. The summed E-state index contributed by atoms with van der Waals surface area (Å²) in [6.07, 6.45) is -2.34. The lowest BCUT2D eigenvalue weighted by atomic mass is 9.99. The van der Waals surface area contributed by atoms with Gasteiger partial charge in [0.15, 0.2) is 0 Å². The fraction of sp³-hybridized carbons (Fsp3) is 0.276. The molecule has 0 spiro atoms. The second-order valence-electron chi connectivity index (χ2n) is 9.49. The van der Waals surface area contributed by atoms with Crippen LogP contribution in [-0.4, -0.2) is 42.2 Å². The number of nitrogens with zero attached hydrogens (tertiary/aromatic N) is 1. The van der Waals surface area contributed by atoms with Gasteiger partial charge in [0.1, 0.15) is 30.5 Å². The van der Waals surface area contributed by atoms with Crippen molar-refractivity contribution < 1.29 is 36.9 Å². The lowest BCUT2D eigenvalue weighted by Gasteiger charge is -2.23. The topological polar surface area (TPSA) is 59.0 Å². The summed E-state index contributed by atoms with van der Waals surface area (Å²) in [4.78, 5) is 13.2.